The van der Waals surface area contributed by atoms with Crippen LogP contribution >= 0.6 is 11.6 Å². The summed E-state index contributed by atoms with van der Waals surface area (Å²) in [6.45, 7) is 5.19. The quantitative estimate of drug-likeness (QED) is 0.434. The highest BCUT2D eigenvalue weighted by Gasteiger charge is 2.22. The predicted octanol–water partition coefficient (Wildman–Crippen LogP) is 4.52. The summed E-state index contributed by atoms with van der Waals surface area (Å²) in [5.41, 5.74) is 3.77. The zero-order chi connectivity index (χ0) is 21.9. The molecular weight excluding hydrogens is 422 g/mol. The lowest BCUT2D eigenvalue weighted by Gasteiger charge is -2.34. The van der Waals surface area contributed by atoms with Crippen LogP contribution in [0.1, 0.15) is 11.3 Å². The number of aryl methyl sites for hydroxylation is 1. The van der Waals surface area contributed by atoms with Crippen molar-refractivity contribution in [1.29, 1.82) is 0 Å². The molecule has 0 amide bonds. The van der Waals surface area contributed by atoms with Crippen molar-refractivity contribution < 1.29 is 4.74 Å². The van der Waals surface area contributed by atoms with Crippen molar-refractivity contribution in [2.75, 3.05) is 31.1 Å². The van der Waals surface area contributed by atoms with E-state index in [-0.39, 0.29) is 0 Å². The van der Waals surface area contributed by atoms with Crippen molar-refractivity contribution in [3.8, 4) is 5.75 Å². The van der Waals surface area contributed by atoms with Gasteiger partial charge in [0, 0.05) is 68.1 Å². The first kappa shape index (κ1) is 20.8. The van der Waals surface area contributed by atoms with Crippen LogP contribution in [0.4, 0.5) is 5.95 Å². The maximum atomic E-state index is 6.14. The molecule has 164 valence electrons. The van der Waals surface area contributed by atoms with Crippen LogP contribution in [0.5, 0.6) is 5.75 Å². The van der Waals surface area contributed by atoms with Gasteiger partial charge in [-0.25, -0.2) is 9.97 Å². The van der Waals surface area contributed by atoms with E-state index in [2.05, 4.69) is 55.6 Å². The number of para-hydroxylation sites is 1. The molecule has 1 fully saturated rings. The molecule has 0 saturated carbocycles. The summed E-state index contributed by atoms with van der Waals surface area (Å²) in [6, 6.07) is 18.0. The molecule has 2 aromatic heterocycles. The summed E-state index contributed by atoms with van der Waals surface area (Å²) in [5.74, 6) is 1.64. The number of fused-ring (bicyclic) bond motifs is 1. The van der Waals surface area contributed by atoms with Crippen molar-refractivity contribution in [1.82, 2.24) is 19.4 Å². The number of benzene rings is 2. The molecule has 3 heterocycles. The zero-order valence-electron chi connectivity index (χ0n) is 18.1. The lowest BCUT2D eigenvalue weighted by molar-refractivity contribution is 0.244. The number of hydrogen-bond acceptors (Lipinski definition) is 5. The molecule has 0 bridgehead atoms. The molecule has 5 rings (SSSR count). The van der Waals surface area contributed by atoms with Crippen LogP contribution in [0.3, 0.4) is 0 Å². The van der Waals surface area contributed by atoms with Gasteiger partial charge in [-0.2, -0.15) is 0 Å². The van der Waals surface area contributed by atoms with Crippen LogP contribution in [-0.2, 0) is 20.2 Å². The molecule has 0 spiro atoms. The Bertz CT molecular complexity index is 1180. The van der Waals surface area contributed by atoms with Gasteiger partial charge < -0.3 is 14.2 Å². The molecule has 1 aliphatic rings. The Morgan fingerprint density at radius 3 is 2.38 bits per heavy atom. The Labute approximate surface area is 193 Å². The molecule has 2 aromatic carbocycles. The normalized spacial score (nSPS) is 14.8. The van der Waals surface area contributed by atoms with E-state index in [0.717, 1.165) is 44.4 Å². The average molecular weight is 448 g/mol. The Kier molecular flexibility index (Phi) is 5.97. The summed E-state index contributed by atoms with van der Waals surface area (Å²) < 4.78 is 8.40. The lowest BCUT2D eigenvalue weighted by atomic mass is 10.1. The highest BCUT2D eigenvalue weighted by atomic mass is 35.5. The van der Waals surface area contributed by atoms with E-state index in [1.165, 1.54) is 22.2 Å². The number of anilines is 1. The van der Waals surface area contributed by atoms with Gasteiger partial charge in [0.25, 0.3) is 0 Å². The van der Waals surface area contributed by atoms with Crippen LogP contribution < -0.4 is 9.64 Å². The summed E-state index contributed by atoms with van der Waals surface area (Å²) in [6.07, 6.45) is 3.61. The molecular formula is C25H26ClN5O. The molecule has 0 atom stereocenters. The van der Waals surface area contributed by atoms with Crippen LogP contribution in [-0.4, -0.2) is 45.6 Å². The summed E-state index contributed by atoms with van der Waals surface area (Å²) in [5, 5.41) is 2.00. The first-order valence-corrected chi connectivity index (χ1v) is 11.2. The molecule has 6 nitrogen and oxygen atoms in total. The average Bonchev–Trinajstić information content (AvgIpc) is 3.11. The van der Waals surface area contributed by atoms with Gasteiger partial charge in [-0.1, -0.05) is 29.8 Å². The summed E-state index contributed by atoms with van der Waals surface area (Å²) >= 11 is 6.01. The molecule has 0 unspecified atom stereocenters. The van der Waals surface area contributed by atoms with Gasteiger partial charge in [0.1, 0.15) is 12.4 Å². The van der Waals surface area contributed by atoms with Gasteiger partial charge in [0.05, 0.1) is 5.69 Å². The minimum atomic E-state index is 0.514. The molecule has 0 radical (unpaired) electrons. The van der Waals surface area contributed by atoms with Gasteiger partial charge in [-0.3, -0.25) is 4.90 Å². The fourth-order valence-electron chi connectivity index (χ4n) is 4.35. The molecule has 0 N–H and O–H groups in total. The minimum Gasteiger partial charge on any atom is -0.487 e. The van der Waals surface area contributed by atoms with Gasteiger partial charge in [-0.05, 0) is 42.0 Å². The van der Waals surface area contributed by atoms with E-state index in [4.69, 9.17) is 16.3 Å². The zero-order valence-corrected chi connectivity index (χ0v) is 18.9. The number of nitrogens with zero attached hydrogens (tertiary/aromatic N) is 5. The molecule has 7 heteroatoms. The van der Waals surface area contributed by atoms with E-state index >= 15 is 0 Å². The minimum absolute atomic E-state index is 0.514. The number of piperazine rings is 1. The van der Waals surface area contributed by atoms with E-state index in [0.29, 0.717) is 11.6 Å². The highest BCUT2D eigenvalue weighted by Crippen LogP contribution is 2.28. The van der Waals surface area contributed by atoms with Gasteiger partial charge in [0.15, 0.2) is 0 Å². The number of rotatable bonds is 6. The van der Waals surface area contributed by atoms with Crippen molar-refractivity contribution in [2.24, 2.45) is 7.05 Å². The van der Waals surface area contributed by atoms with E-state index in [1.54, 1.807) is 12.4 Å². The third kappa shape index (κ3) is 4.29. The van der Waals surface area contributed by atoms with Crippen LogP contribution in [0, 0.1) is 0 Å². The third-order valence-electron chi connectivity index (χ3n) is 6.12. The van der Waals surface area contributed by atoms with Gasteiger partial charge >= 0.3 is 0 Å². The summed E-state index contributed by atoms with van der Waals surface area (Å²) in [7, 11) is 2.12. The molecule has 4 aromatic rings. The first-order chi connectivity index (χ1) is 15.7. The lowest BCUT2D eigenvalue weighted by Crippen LogP contribution is -2.46. The third-order valence-corrected chi connectivity index (χ3v) is 6.37. The Hall–Kier alpha value is -3.09. The fourth-order valence-corrected chi connectivity index (χ4v) is 4.48. The SMILES string of the molecule is Cn1c(COc2ccc(Cl)cc2)c(CN2CCN(c3ncccn3)CC2)c2ccccc21. The standard InChI is InChI=1S/C25H26ClN5O/c1-29-23-6-3-2-5-21(23)22(24(29)18-32-20-9-7-19(26)8-10-20)17-30-13-15-31(16-14-30)25-27-11-4-12-28-25/h2-12H,13-18H2,1H3. The monoisotopic (exact) mass is 447 g/mol. The largest absolute Gasteiger partial charge is 0.487 e. The second-order valence-corrected chi connectivity index (χ2v) is 8.49. The second-order valence-electron chi connectivity index (χ2n) is 8.06. The second kappa shape index (κ2) is 9.18. The fraction of sp³-hybridized carbons (Fsp3) is 0.280. The number of ether oxygens (including phenoxy) is 1. The van der Waals surface area contributed by atoms with E-state index < -0.39 is 0 Å². The topological polar surface area (TPSA) is 46.4 Å². The highest BCUT2D eigenvalue weighted by molar-refractivity contribution is 6.30. The number of hydrogen-bond donors (Lipinski definition) is 0. The number of aromatic nitrogens is 3. The molecule has 32 heavy (non-hydrogen) atoms. The maximum Gasteiger partial charge on any atom is 0.225 e. The molecule has 0 aliphatic carbocycles. The maximum absolute atomic E-state index is 6.14. The Balaban J connectivity index is 1.35. The van der Waals surface area contributed by atoms with Gasteiger partial charge in [0.2, 0.25) is 5.95 Å². The van der Waals surface area contributed by atoms with Crippen LogP contribution in [0.25, 0.3) is 10.9 Å². The van der Waals surface area contributed by atoms with Crippen molar-refractivity contribution in [3.63, 3.8) is 0 Å². The first-order valence-electron chi connectivity index (χ1n) is 10.9. The van der Waals surface area contributed by atoms with Crippen LogP contribution in [0.15, 0.2) is 67.0 Å². The van der Waals surface area contributed by atoms with Crippen molar-refractivity contribution in [3.05, 3.63) is 83.3 Å². The van der Waals surface area contributed by atoms with Crippen molar-refractivity contribution in [2.45, 2.75) is 13.2 Å². The van der Waals surface area contributed by atoms with Gasteiger partial charge in [-0.15, -0.1) is 0 Å². The Morgan fingerprint density at radius 1 is 0.906 bits per heavy atom. The summed E-state index contributed by atoms with van der Waals surface area (Å²) in [4.78, 5) is 13.6. The van der Waals surface area contributed by atoms with Crippen molar-refractivity contribution >= 4 is 28.5 Å². The molecule has 1 saturated heterocycles. The smallest absolute Gasteiger partial charge is 0.225 e. The Morgan fingerprint density at radius 2 is 1.62 bits per heavy atom. The predicted molar refractivity (Wildman–Crippen MR) is 128 cm³/mol. The number of halogens is 1. The molecule has 1 aliphatic heterocycles. The van der Waals surface area contributed by atoms with Crippen LogP contribution in [0.2, 0.25) is 5.02 Å². The van der Waals surface area contributed by atoms with E-state index in [1.807, 2.05) is 30.3 Å². The van der Waals surface area contributed by atoms with E-state index in [9.17, 15) is 0 Å².